The third kappa shape index (κ3) is 1.94. The van der Waals surface area contributed by atoms with E-state index in [9.17, 15) is 0 Å². The van der Waals surface area contributed by atoms with Crippen molar-refractivity contribution in [2.24, 2.45) is 16.7 Å². The molecule has 0 aromatic carbocycles. The van der Waals surface area contributed by atoms with Crippen molar-refractivity contribution in [2.45, 2.75) is 54.5 Å². The van der Waals surface area contributed by atoms with Crippen LogP contribution < -0.4 is 5.32 Å². The molecule has 0 atom stereocenters. The Kier molecular flexibility index (Phi) is 2.99. The summed E-state index contributed by atoms with van der Waals surface area (Å²) >= 11 is 0. The van der Waals surface area contributed by atoms with E-state index in [1.807, 2.05) is 0 Å². The van der Waals surface area contributed by atoms with Crippen LogP contribution in [0.1, 0.15) is 53.3 Å². The van der Waals surface area contributed by atoms with Gasteiger partial charge in [0.2, 0.25) is 5.95 Å². The molecule has 18 heavy (non-hydrogen) atoms. The second-order valence-electron chi connectivity index (χ2n) is 7.08. The van der Waals surface area contributed by atoms with E-state index in [-0.39, 0.29) is 0 Å². The molecule has 1 heterocycles. The van der Waals surface area contributed by atoms with Gasteiger partial charge in [0.25, 0.3) is 0 Å². The second-order valence-corrected chi connectivity index (χ2v) is 7.08. The molecule has 1 aliphatic rings. The Morgan fingerprint density at radius 2 is 1.83 bits per heavy atom. The first-order valence-electron chi connectivity index (χ1n) is 6.97. The molecule has 0 bridgehead atoms. The SMILES string of the molecule is Cc1cn(C(C)C)c(NCC2C(C)(C)C2(C)C)n1. The third-order valence-corrected chi connectivity index (χ3v) is 5.19. The maximum absolute atomic E-state index is 4.58. The number of nitrogens with one attached hydrogen (secondary N) is 1. The molecule has 0 aliphatic heterocycles. The summed E-state index contributed by atoms with van der Waals surface area (Å²) in [6, 6.07) is 0.453. The summed E-state index contributed by atoms with van der Waals surface area (Å²) in [5.41, 5.74) is 1.95. The third-order valence-electron chi connectivity index (χ3n) is 5.19. The molecule has 1 N–H and O–H groups in total. The molecule has 102 valence electrons. The van der Waals surface area contributed by atoms with Gasteiger partial charge in [-0.1, -0.05) is 27.7 Å². The molecule has 3 heteroatoms. The lowest BCUT2D eigenvalue weighted by Crippen LogP contribution is -2.13. The summed E-state index contributed by atoms with van der Waals surface area (Å²) in [7, 11) is 0. The average molecular weight is 249 g/mol. The first-order valence-corrected chi connectivity index (χ1v) is 6.97. The lowest BCUT2D eigenvalue weighted by molar-refractivity contribution is 0.457. The van der Waals surface area contributed by atoms with Gasteiger partial charge in [0.05, 0.1) is 5.69 Å². The summed E-state index contributed by atoms with van der Waals surface area (Å²) in [5.74, 6) is 1.74. The first kappa shape index (κ1) is 13.4. The number of aryl methyl sites for hydroxylation is 1. The number of nitrogens with zero attached hydrogens (tertiary/aromatic N) is 2. The van der Waals surface area contributed by atoms with E-state index in [0.29, 0.717) is 16.9 Å². The molecule has 0 saturated heterocycles. The van der Waals surface area contributed by atoms with Crippen molar-refractivity contribution in [2.75, 3.05) is 11.9 Å². The van der Waals surface area contributed by atoms with Gasteiger partial charge in [0.15, 0.2) is 0 Å². The second kappa shape index (κ2) is 4.01. The molecule has 1 aromatic heterocycles. The quantitative estimate of drug-likeness (QED) is 0.878. The Morgan fingerprint density at radius 3 is 2.28 bits per heavy atom. The molecule has 0 spiro atoms. The van der Waals surface area contributed by atoms with Crippen LogP contribution in [0.5, 0.6) is 0 Å². The zero-order chi connectivity index (χ0) is 13.7. The normalized spacial score (nSPS) is 21.3. The highest BCUT2D eigenvalue weighted by Gasteiger charge is 2.64. The number of hydrogen-bond acceptors (Lipinski definition) is 2. The van der Waals surface area contributed by atoms with Gasteiger partial charge in [0, 0.05) is 18.8 Å². The molecule has 0 amide bonds. The van der Waals surface area contributed by atoms with Crippen LogP contribution in [0.2, 0.25) is 0 Å². The zero-order valence-electron chi connectivity index (χ0n) is 12.8. The van der Waals surface area contributed by atoms with Gasteiger partial charge in [-0.15, -0.1) is 0 Å². The first-order chi connectivity index (χ1) is 8.18. The van der Waals surface area contributed by atoms with E-state index in [1.165, 1.54) is 0 Å². The number of anilines is 1. The zero-order valence-corrected chi connectivity index (χ0v) is 12.8. The minimum Gasteiger partial charge on any atom is -0.355 e. The molecule has 1 aromatic rings. The monoisotopic (exact) mass is 249 g/mol. The molecule has 1 fully saturated rings. The molecule has 0 radical (unpaired) electrons. The Morgan fingerprint density at radius 1 is 1.28 bits per heavy atom. The standard InChI is InChI=1S/C15H27N3/c1-10(2)18-9-11(3)17-13(18)16-8-12-14(4,5)15(12,6)7/h9-10,12H,8H2,1-7H3,(H,16,17). The summed E-state index contributed by atoms with van der Waals surface area (Å²) < 4.78 is 2.22. The fourth-order valence-corrected chi connectivity index (χ4v) is 3.08. The Hall–Kier alpha value is -0.990. The van der Waals surface area contributed by atoms with Crippen LogP contribution in [-0.4, -0.2) is 16.1 Å². The minimum absolute atomic E-state index is 0.435. The van der Waals surface area contributed by atoms with Gasteiger partial charge in [0.1, 0.15) is 0 Å². The highest BCUT2D eigenvalue weighted by molar-refractivity contribution is 5.31. The van der Waals surface area contributed by atoms with Crippen LogP contribution in [0.3, 0.4) is 0 Å². The van der Waals surface area contributed by atoms with Crippen LogP contribution in [-0.2, 0) is 0 Å². The van der Waals surface area contributed by atoms with Gasteiger partial charge < -0.3 is 9.88 Å². The number of aromatic nitrogens is 2. The van der Waals surface area contributed by atoms with Crippen LogP contribution in [0.15, 0.2) is 6.20 Å². The molecule has 1 saturated carbocycles. The Bertz CT molecular complexity index is 427. The summed E-state index contributed by atoms with van der Waals surface area (Å²) in [5, 5.41) is 3.54. The van der Waals surface area contributed by atoms with E-state index in [4.69, 9.17) is 0 Å². The molecule has 0 unspecified atom stereocenters. The number of rotatable bonds is 4. The number of hydrogen-bond donors (Lipinski definition) is 1. The molecular weight excluding hydrogens is 222 g/mol. The Labute approximate surface area is 111 Å². The maximum atomic E-state index is 4.58. The van der Waals surface area contributed by atoms with Crippen molar-refractivity contribution < 1.29 is 0 Å². The lowest BCUT2D eigenvalue weighted by atomic mass is 10.0. The van der Waals surface area contributed by atoms with Crippen LogP contribution >= 0.6 is 0 Å². The minimum atomic E-state index is 0.435. The van der Waals surface area contributed by atoms with Crippen molar-refractivity contribution in [3.8, 4) is 0 Å². The van der Waals surface area contributed by atoms with Gasteiger partial charge >= 0.3 is 0 Å². The molecule has 2 rings (SSSR count). The number of imidazole rings is 1. The Balaban J connectivity index is 2.04. The van der Waals surface area contributed by atoms with E-state index in [2.05, 4.69) is 69.5 Å². The van der Waals surface area contributed by atoms with Crippen molar-refractivity contribution >= 4 is 5.95 Å². The van der Waals surface area contributed by atoms with Crippen molar-refractivity contribution in [3.05, 3.63) is 11.9 Å². The predicted octanol–water partition coefficient (Wildman–Crippen LogP) is 3.87. The van der Waals surface area contributed by atoms with Crippen molar-refractivity contribution in [3.63, 3.8) is 0 Å². The van der Waals surface area contributed by atoms with E-state index in [1.54, 1.807) is 0 Å². The van der Waals surface area contributed by atoms with Crippen LogP contribution in [0, 0.1) is 23.7 Å². The molecular formula is C15H27N3. The fraction of sp³-hybridized carbons (Fsp3) is 0.800. The van der Waals surface area contributed by atoms with Gasteiger partial charge in [-0.25, -0.2) is 4.98 Å². The summed E-state index contributed by atoms with van der Waals surface area (Å²) in [6.07, 6.45) is 2.12. The van der Waals surface area contributed by atoms with Crippen molar-refractivity contribution in [1.82, 2.24) is 9.55 Å². The van der Waals surface area contributed by atoms with Gasteiger partial charge in [-0.3, -0.25) is 0 Å². The maximum Gasteiger partial charge on any atom is 0.203 e. The van der Waals surface area contributed by atoms with Crippen LogP contribution in [0.4, 0.5) is 5.95 Å². The predicted molar refractivity (Wildman–Crippen MR) is 76.9 cm³/mol. The largest absolute Gasteiger partial charge is 0.355 e. The fourth-order valence-electron chi connectivity index (χ4n) is 3.08. The highest BCUT2D eigenvalue weighted by Crippen LogP contribution is 2.68. The topological polar surface area (TPSA) is 29.9 Å². The van der Waals surface area contributed by atoms with E-state index < -0.39 is 0 Å². The summed E-state index contributed by atoms with van der Waals surface area (Å²) in [4.78, 5) is 4.58. The van der Waals surface area contributed by atoms with E-state index in [0.717, 1.165) is 24.1 Å². The smallest absolute Gasteiger partial charge is 0.203 e. The summed E-state index contributed by atoms with van der Waals surface area (Å²) in [6.45, 7) is 16.9. The molecule has 1 aliphatic carbocycles. The van der Waals surface area contributed by atoms with Gasteiger partial charge in [-0.2, -0.15) is 0 Å². The lowest BCUT2D eigenvalue weighted by Gasteiger charge is -2.13. The molecule has 3 nitrogen and oxygen atoms in total. The van der Waals surface area contributed by atoms with Crippen molar-refractivity contribution in [1.29, 1.82) is 0 Å². The van der Waals surface area contributed by atoms with E-state index >= 15 is 0 Å². The van der Waals surface area contributed by atoms with Gasteiger partial charge in [-0.05, 0) is 37.5 Å². The van der Waals surface area contributed by atoms with Crippen LogP contribution in [0.25, 0.3) is 0 Å². The highest BCUT2D eigenvalue weighted by atomic mass is 15.2. The average Bonchev–Trinajstić information content (AvgIpc) is 2.57.